The van der Waals surface area contributed by atoms with Crippen LogP contribution < -0.4 is 0 Å². The van der Waals surface area contributed by atoms with Crippen LogP contribution in [0.2, 0.25) is 0 Å². The number of pyridine rings is 1. The van der Waals surface area contributed by atoms with Gasteiger partial charge >= 0.3 is 5.97 Å². The standard InChI is InChI=1S/C15H18N2O3/c1-17(12-4-2-3-5-12)15(20)13-8-9-16-10-11(13)6-7-14(18)19/h6-10,12H,2-5H2,1H3,(H,18,19). The first-order valence-electron chi connectivity index (χ1n) is 6.72. The molecule has 0 atom stereocenters. The van der Waals surface area contributed by atoms with E-state index in [1.807, 2.05) is 7.05 Å². The van der Waals surface area contributed by atoms with Crippen LogP contribution in [0.3, 0.4) is 0 Å². The van der Waals surface area contributed by atoms with Gasteiger partial charge in [0.25, 0.3) is 5.91 Å². The van der Waals surface area contributed by atoms with Crippen LogP contribution in [0.1, 0.15) is 41.6 Å². The topological polar surface area (TPSA) is 70.5 Å². The van der Waals surface area contributed by atoms with Gasteiger partial charge in [0, 0.05) is 42.7 Å². The van der Waals surface area contributed by atoms with Gasteiger partial charge in [0.2, 0.25) is 0 Å². The molecule has 1 aliphatic carbocycles. The highest BCUT2D eigenvalue weighted by Gasteiger charge is 2.25. The molecule has 1 aromatic heterocycles. The minimum Gasteiger partial charge on any atom is -0.478 e. The summed E-state index contributed by atoms with van der Waals surface area (Å²) in [5.41, 5.74) is 1.02. The summed E-state index contributed by atoms with van der Waals surface area (Å²) in [7, 11) is 1.81. The lowest BCUT2D eigenvalue weighted by Gasteiger charge is -2.24. The molecule has 1 amide bonds. The summed E-state index contributed by atoms with van der Waals surface area (Å²) >= 11 is 0. The van der Waals surface area contributed by atoms with Crippen molar-refractivity contribution in [1.82, 2.24) is 9.88 Å². The number of hydrogen-bond donors (Lipinski definition) is 1. The Morgan fingerprint density at radius 2 is 2.10 bits per heavy atom. The maximum atomic E-state index is 12.5. The Kier molecular flexibility index (Phi) is 4.50. The summed E-state index contributed by atoms with van der Waals surface area (Å²) in [4.78, 5) is 28.8. The normalized spacial score (nSPS) is 15.7. The van der Waals surface area contributed by atoms with E-state index in [1.54, 1.807) is 17.2 Å². The summed E-state index contributed by atoms with van der Waals surface area (Å²) < 4.78 is 0. The van der Waals surface area contributed by atoms with Crippen molar-refractivity contribution in [2.75, 3.05) is 7.05 Å². The fourth-order valence-electron chi connectivity index (χ4n) is 2.54. The summed E-state index contributed by atoms with van der Waals surface area (Å²) in [5.74, 6) is -1.12. The van der Waals surface area contributed by atoms with Gasteiger partial charge in [-0.2, -0.15) is 0 Å². The zero-order chi connectivity index (χ0) is 14.5. The fraction of sp³-hybridized carbons (Fsp3) is 0.400. The van der Waals surface area contributed by atoms with E-state index in [1.165, 1.54) is 12.3 Å². The van der Waals surface area contributed by atoms with Crippen LogP contribution in [-0.4, -0.2) is 40.0 Å². The SMILES string of the molecule is CN(C(=O)c1ccncc1C=CC(=O)O)C1CCCC1. The molecule has 0 radical (unpaired) electrons. The van der Waals surface area contributed by atoms with Crippen LogP contribution in [0.5, 0.6) is 0 Å². The van der Waals surface area contributed by atoms with Crippen molar-refractivity contribution in [3.05, 3.63) is 35.7 Å². The van der Waals surface area contributed by atoms with Crippen LogP contribution in [-0.2, 0) is 4.79 Å². The summed E-state index contributed by atoms with van der Waals surface area (Å²) in [6.07, 6.45) is 9.87. The number of rotatable bonds is 4. The van der Waals surface area contributed by atoms with E-state index in [0.29, 0.717) is 11.1 Å². The molecular weight excluding hydrogens is 256 g/mol. The number of aromatic nitrogens is 1. The monoisotopic (exact) mass is 274 g/mol. The van der Waals surface area contributed by atoms with E-state index in [9.17, 15) is 9.59 Å². The Bertz CT molecular complexity index is 534. The first kappa shape index (κ1) is 14.2. The molecule has 1 saturated carbocycles. The molecule has 1 aliphatic rings. The van der Waals surface area contributed by atoms with E-state index in [2.05, 4.69) is 4.98 Å². The summed E-state index contributed by atoms with van der Waals surface area (Å²) in [6, 6.07) is 1.92. The Labute approximate surface area is 117 Å². The maximum Gasteiger partial charge on any atom is 0.328 e. The van der Waals surface area contributed by atoms with Crippen molar-refractivity contribution in [3.63, 3.8) is 0 Å². The number of carboxylic acids is 1. The number of carbonyl (C=O) groups excluding carboxylic acids is 1. The van der Waals surface area contributed by atoms with Crippen molar-refractivity contribution in [2.45, 2.75) is 31.7 Å². The quantitative estimate of drug-likeness (QED) is 0.854. The van der Waals surface area contributed by atoms with Crippen LogP contribution in [0.15, 0.2) is 24.5 Å². The van der Waals surface area contributed by atoms with E-state index >= 15 is 0 Å². The fourth-order valence-corrected chi connectivity index (χ4v) is 2.54. The van der Waals surface area contributed by atoms with Gasteiger partial charge in [-0.3, -0.25) is 9.78 Å². The van der Waals surface area contributed by atoms with Gasteiger partial charge in [0.05, 0.1) is 0 Å². The molecule has 0 unspecified atom stereocenters. The second kappa shape index (κ2) is 6.32. The molecule has 0 spiro atoms. The van der Waals surface area contributed by atoms with Crippen molar-refractivity contribution >= 4 is 18.0 Å². The second-order valence-corrected chi connectivity index (χ2v) is 4.99. The van der Waals surface area contributed by atoms with Crippen LogP contribution >= 0.6 is 0 Å². The number of amides is 1. The predicted octanol–water partition coefficient (Wildman–Crippen LogP) is 2.19. The highest BCUT2D eigenvalue weighted by atomic mass is 16.4. The van der Waals surface area contributed by atoms with Crippen LogP contribution in [0, 0.1) is 0 Å². The highest BCUT2D eigenvalue weighted by molar-refractivity contribution is 5.98. The Morgan fingerprint density at radius 3 is 2.75 bits per heavy atom. The number of carbonyl (C=O) groups is 2. The summed E-state index contributed by atoms with van der Waals surface area (Å²) in [5, 5.41) is 8.68. The van der Waals surface area contributed by atoms with Crippen molar-refractivity contribution in [2.24, 2.45) is 0 Å². The molecule has 0 aliphatic heterocycles. The zero-order valence-corrected chi connectivity index (χ0v) is 11.5. The molecule has 20 heavy (non-hydrogen) atoms. The summed E-state index contributed by atoms with van der Waals surface area (Å²) in [6.45, 7) is 0. The van der Waals surface area contributed by atoms with Gasteiger partial charge in [-0.1, -0.05) is 12.8 Å². The predicted molar refractivity (Wildman–Crippen MR) is 75.3 cm³/mol. The van der Waals surface area contributed by atoms with Crippen LogP contribution in [0.4, 0.5) is 0 Å². The lowest BCUT2D eigenvalue weighted by Crippen LogP contribution is -2.35. The van der Waals surface area contributed by atoms with Crippen LogP contribution in [0.25, 0.3) is 6.08 Å². The third-order valence-electron chi connectivity index (χ3n) is 3.68. The maximum absolute atomic E-state index is 12.5. The molecule has 0 aromatic carbocycles. The Morgan fingerprint density at radius 1 is 1.40 bits per heavy atom. The molecule has 0 saturated heterocycles. The molecule has 0 bridgehead atoms. The van der Waals surface area contributed by atoms with Crippen molar-refractivity contribution in [1.29, 1.82) is 0 Å². The van der Waals surface area contributed by atoms with Crippen molar-refractivity contribution < 1.29 is 14.7 Å². The molecule has 5 nitrogen and oxygen atoms in total. The molecule has 1 fully saturated rings. The van der Waals surface area contributed by atoms with E-state index in [4.69, 9.17) is 5.11 Å². The van der Waals surface area contributed by atoms with E-state index in [-0.39, 0.29) is 11.9 Å². The van der Waals surface area contributed by atoms with Gasteiger partial charge in [0.15, 0.2) is 0 Å². The molecular formula is C15H18N2O3. The average Bonchev–Trinajstić information content (AvgIpc) is 2.98. The first-order chi connectivity index (χ1) is 9.59. The molecule has 5 heteroatoms. The lowest BCUT2D eigenvalue weighted by atomic mass is 10.1. The third kappa shape index (κ3) is 3.23. The number of nitrogens with zero attached hydrogens (tertiary/aromatic N) is 2. The minimum atomic E-state index is -1.05. The lowest BCUT2D eigenvalue weighted by molar-refractivity contribution is -0.131. The average molecular weight is 274 g/mol. The third-order valence-corrected chi connectivity index (χ3v) is 3.68. The highest BCUT2D eigenvalue weighted by Crippen LogP contribution is 2.24. The van der Waals surface area contributed by atoms with E-state index in [0.717, 1.165) is 31.8 Å². The number of aliphatic carboxylic acids is 1. The Hall–Kier alpha value is -2.17. The van der Waals surface area contributed by atoms with E-state index < -0.39 is 5.97 Å². The first-order valence-corrected chi connectivity index (χ1v) is 6.72. The molecule has 1 N–H and O–H groups in total. The minimum absolute atomic E-state index is 0.0793. The molecule has 106 valence electrons. The molecule has 1 aromatic rings. The van der Waals surface area contributed by atoms with Gasteiger partial charge in [-0.05, 0) is 25.0 Å². The Balaban J connectivity index is 2.22. The molecule has 2 rings (SSSR count). The van der Waals surface area contributed by atoms with Crippen molar-refractivity contribution in [3.8, 4) is 0 Å². The van der Waals surface area contributed by atoms with Gasteiger partial charge in [-0.25, -0.2) is 4.79 Å². The number of hydrogen-bond acceptors (Lipinski definition) is 3. The smallest absolute Gasteiger partial charge is 0.328 e. The zero-order valence-electron chi connectivity index (χ0n) is 11.5. The largest absolute Gasteiger partial charge is 0.478 e. The number of carboxylic acid groups (broad SMARTS) is 1. The van der Waals surface area contributed by atoms with Gasteiger partial charge in [0.1, 0.15) is 0 Å². The van der Waals surface area contributed by atoms with Gasteiger partial charge < -0.3 is 10.0 Å². The second-order valence-electron chi connectivity index (χ2n) is 4.99. The van der Waals surface area contributed by atoms with Gasteiger partial charge in [-0.15, -0.1) is 0 Å². The molecule has 1 heterocycles.